The average Bonchev–Trinajstić information content (AvgIpc) is 3.53. The molecule has 2 aromatic heterocycles. The fraction of sp³-hybridized carbons (Fsp3) is 0.458. The highest BCUT2D eigenvalue weighted by atomic mass is 35.5. The van der Waals surface area contributed by atoms with Gasteiger partial charge in [0.05, 0.1) is 18.3 Å². The maximum atomic E-state index is 13.0. The summed E-state index contributed by atoms with van der Waals surface area (Å²) in [5.74, 6) is 2.31. The first-order valence-electron chi connectivity index (χ1n) is 12.0. The van der Waals surface area contributed by atoms with Crippen molar-refractivity contribution in [2.24, 2.45) is 5.41 Å². The van der Waals surface area contributed by atoms with Gasteiger partial charge in [-0.3, -0.25) is 9.47 Å². The zero-order valence-electron chi connectivity index (χ0n) is 19.3. The number of carbonyl (C=O) groups is 1. The van der Waals surface area contributed by atoms with Crippen LogP contribution in [0.3, 0.4) is 0 Å². The van der Waals surface area contributed by atoms with E-state index < -0.39 is 0 Å². The van der Waals surface area contributed by atoms with Crippen LogP contribution in [0.15, 0.2) is 36.7 Å². The van der Waals surface area contributed by atoms with Crippen LogP contribution in [0.5, 0.6) is 0 Å². The minimum Gasteiger partial charge on any atom is -0.446 e. The Labute approximate surface area is 207 Å². The van der Waals surface area contributed by atoms with E-state index in [-0.39, 0.29) is 23.7 Å². The van der Waals surface area contributed by atoms with Gasteiger partial charge in [0.15, 0.2) is 5.82 Å². The first-order chi connectivity index (χ1) is 17.0. The van der Waals surface area contributed by atoms with Crippen LogP contribution in [0.1, 0.15) is 37.2 Å². The van der Waals surface area contributed by atoms with Gasteiger partial charge in [-0.15, -0.1) is 10.2 Å². The zero-order chi connectivity index (χ0) is 23.7. The van der Waals surface area contributed by atoms with Gasteiger partial charge in [-0.2, -0.15) is 0 Å². The molecule has 5 heterocycles. The topological polar surface area (TPSA) is 92.5 Å². The highest BCUT2D eigenvalue weighted by Crippen LogP contribution is 2.44. The molecule has 4 aliphatic rings. The number of fused-ring (bicyclic) bond motifs is 3. The second-order valence-electron chi connectivity index (χ2n) is 10.1. The number of ether oxygens (including phenoxy) is 1. The minimum atomic E-state index is -0.315. The van der Waals surface area contributed by atoms with E-state index in [9.17, 15) is 4.79 Å². The molecule has 3 aliphatic heterocycles. The molecule has 1 unspecified atom stereocenters. The van der Waals surface area contributed by atoms with Crippen molar-refractivity contribution >= 4 is 29.6 Å². The van der Waals surface area contributed by atoms with Crippen molar-refractivity contribution in [3.8, 4) is 5.69 Å². The van der Waals surface area contributed by atoms with Gasteiger partial charge in [0.1, 0.15) is 6.10 Å². The Balaban J connectivity index is 1.17. The number of aromatic nitrogens is 5. The fourth-order valence-electron chi connectivity index (χ4n) is 5.44. The molecule has 11 heteroatoms. The predicted octanol–water partition coefficient (Wildman–Crippen LogP) is 3.21. The van der Waals surface area contributed by atoms with Gasteiger partial charge in [-0.1, -0.05) is 11.6 Å². The Bertz CT molecular complexity index is 1300. The van der Waals surface area contributed by atoms with Crippen molar-refractivity contribution in [2.45, 2.75) is 38.5 Å². The van der Waals surface area contributed by atoms with Crippen LogP contribution in [-0.2, 0) is 11.3 Å². The quantitative estimate of drug-likeness (QED) is 0.550. The third-order valence-corrected chi connectivity index (χ3v) is 7.62. The first kappa shape index (κ1) is 20.9. The Hall–Kier alpha value is -3.40. The molecule has 3 aromatic rings. The van der Waals surface area contributed by atoms with Gasteiger partial charge in [-0.05, 0) is 49.6 Å². The number of amides is 1. The van der Waals surface area contributed by atoms with Crippen LogP contribution in [0.4, 0.5) is 16.7 Å². The predicted molar refractivity (Wildman–Crippen MR) is 129 cm³/mol. The third-order valence-electron chi connectivity index (χ3n) is 7.38. The van der Waals surface area contributed by atoms with E-state index >= 15 is 0 Å². The molecule has 1 aromatic carbocycles. The number of hydrogen-bond acceptors (Lipinski definition) is 8. The summed E-state index contributed by atoms with van der Waals surface area (Å²) < 4.78 is 7.73. The minimum absolute atomic E-state index is 0.0332. The summed E-state index contributed by atoms with van der Waals surface area (Å²) in [6.07, 6.45) is 5.14. The molecule has 1 aliphatic carbocycles. The molecule has 10 nitrogen and oxygen atoms in total. The third kappa shape index (κ3) is 3.42. The number of carbonyl (C=O) groups excluding carboxylic acids is 1. The lowest BCUT2D eigenvalue weighted by atomic mass is 9.73. The molecular formula is C24H25ClN8O2. The number of hydrogen-bond donors (Lipinski definition) is 0. The van der Waals surface area contributed by atoms with Gasteiger partial charge in [-0.25, -0.2) is 14.8 Å². The lowest BCUT2D eigenvalue weighted by molar-refractivity contribution is 0.0788. The van der Waals surface area contributed by atoms with Crippen molar-refractivity contribution in [3.63, 3.8) is 0 Å². The van der Waals surface area contributed by atoms with Crippen molar-refractivity contribution in [1.29, 1.82) is 0 Å². The van der Waals surface area contributed by atoms with E-state index in [2.05, 4.69) is 34.5 Å². The summed E-state index contributed by atoms with van der Waals surface area (Å²) in [5.41, 5.74) is 2.11. The zero-order valence-corrected chi connectivity index (χ0v) is 20.1. The van der Waals surface area contributed by atoms with Crippen LogP contribution in [0.25, 0.3) is 5.69 Å². The molecule has 1 saturated carbocycles. The van der Waals surface area contributed by atoms with Crippen LogP contribution in [-0.4, -0.2) is 68.0 Å². The summed E-state index contributed by atoms with van der Waals surface area (Å²) >= 11 is 6.36. The van der Waals surface area contributed by atoms with E-state index in [0.29, 0.717) is 11.6 Å². The van der Waals surface area contributed by atoms with Crippen molar-refractivity contribution in [1.82, 2.24) is 29.6 Å². The van der Waals surface area contributed by atoms with Gasteiger partial charge in [0.25, 0.3) is 0 Å². The summed E-state index contributed by atoms with van der Waals surface area (Å²) in [6.45, 7) is 6.02. The van der Waals surface area contributed by atoms with Gasteiger partial charge in [0.2, 0.25) is 11.9 Å². The lowest BCUT2D eigenvalue weighted by Gasteiger charge is -2.60. The normalized spacial score (nSPS) is 22.1. The highest BCUT2D eigenvalue weighted by Gasteiger charge is 2.54. The number of halogens is 1. The fourth-order valence-corrected chi connectivity index (χ4v) is 5.63. The molecule has 0 N–H and O–H groups in total. The summed E-state index contributed by atoms with van der Waals surface area (Å²) in [6, 6.07) is 7.32. The van der Waals surface area contributed by atoms with Crippen LogP contribution < -0.4 is 9.80 Å². The summed E-state index contributed by atoms with van der Waals surface area (Å²) in [4.78, 5) is 27.9. The molecule has 35 heavy (non-hydrogen) atoms. The van der Waals surface area contributed by atoms with E-state index in [1.807, 2.05) is 31.2 Å². The molecule has 1 atom stereocenters. The highest BCUT2D eigenvalue weighted by molar-refractivity contribution is 6.30. The van der Waals surface area contributed by atoms with Crippen LogP contribution in [0.2, 0.25) is 5.02 Å². The number of benzene rings is 1. The van der Waals surface area contributed by atoms with Crippen molar-refractivity contribution in [3.05, 3.63) is 53.1 Å². The molecular weight excluding hydrogens is 468 g/mol. The maximum absolute atomic E-state index is 13.0. The van der Waals surface area contributed by atoms with Crippen molar-refractivity contribution < 1.29 is 9.53 Å². The molecule has 1 spiro atoms. The number of nitrogens with zero attached hydrogens (tertiary/aromatic N) is 8. The molecule has 0 radical (unpaired) electrons. The number of anilines is 2. The summed E-state index contributed by atoms with van der Waals surface area (Å²) in [5, 5.41) is 9.78. The summed E-state index contributed by atoms with van der Waals surface area (Å²) in [7, 11) is 0. The van der Waals surface area contributed by atoms with E-state index in [1.54, 1.807) is 17.3 Å². The monoisotopic (exact) mass is 492 g/mol. The molecule has 3 fully saturated rings. The Morgan fingerprint density at radius 2 is 1.83 bits per heavy atom. The lowest BCUT2D eigenvalue weighted by Crippen LogP contribution is -2.73. The molecule has 1 amide bonds. The smallest absolute Gasteiger partial charge is 0.410 e. The molecule has 7 rings (SSSR count). The molecule has 2 saturated heterocycles. The standard InChI is InChI=1S/C24H25ClN8O2/c1-15-20-28-29-22(31-13-24(14-31)11-30(12-24)21-26-7-2-8-27-21)33(20)19-6-3-17(25)9-16(19)10-32(15)23(34)35-18-4-5-18/h2-3,6-9,15,18H,4-5,10-14H2,1H3. The van der Waals surface area contributed by atoms with Gasteiger partial charge < -0.3 is 14.5 Å². The van der Waals surface area contributed by atoms with E-state index in [4.69, 9.17) is 16.3 Å². The maximum Gasteiger partial charge on any atom is 0.410 e. The molecule has 180 valence electrons. The van der Waals surface area contributed by atoms with Crippen LogP contribution >= 0.6 is 11.6 Å². The Morgan fingerprint density at radius 1 is 1.09 bits per heavy atom. The number of rotatable bonds is 3. The van der Waals surface area contributed by atoms with Gasteiger partial charge >= 0.3 is 6.09 Å². The second kappa shape index (κ2) is 7.55. The SMILES string of the molecule is CC1c2nnc(N3CC4(CN(c5ncccn5)C4)C3)n2-c2ccc(Cl)cc2CN1C(=O)OC1CC1. The van der Waals surface area contributed by atoms with Crippen molar-refractivity contribution in [2.75, 3.05) is 36.0 Å². The van der Waals surface area contributed by atoms with E-state index in [1.165, 1.54) is 0 Å². The van der Waals surface area contributed by atoms with Crippen LogP contribution in [0, 0.1) is 5.41 Å². The van der Waals surface area contributed by atoms with Gasteiger partial charge in [0, 0.05) is 49.0 Å². The van der Waals surface area contributed by atoms with E-state index in [0.717, 1.165) is 68.0 Å². The second-order valence-corrected chi connectivity index (χ2v) is 10.6. The Kier molecular flexibility index (Phi) is 4.51. The largest absolute Gasteiger partial charge is 0.446 e. The molecule has 0 bridgehead atoms. The average molecular weight is 493 g/mol. The Morgan fingerprint density at radius 3 is 2.57 bits per heavy atom. The first-order valence-corrected chi connectivity index (χ1v) is 12.4.